The van der Waals surface area contributed by atoms with E-state index in [4.69, 9.17) is 11.6 Å². The lowest BCUT2D eigenvalue weighted by Crippen LogP contribution is -3.00. The Hall–Kier alpha value is -1.40. The number of carbonyl (C=O) groups is 1. The maximum atomic E-state index is 13.3. The molecule has 3 nitrogen and oxygen atoms in total. The van der Waals surface area contributed by atoms with E-state index in [1.54, 1.807) is 18.2 Å². The number of benzene rings is 2. The van der Waals surface area contributed by atoms with Crippen LogP contribution in [0.1, 0.15) is 15.9 Å². The molecule has 102 valence electrons. The fourth-order valence-corrected chi connectivity index (χ4v) is 3.30. The fraction of sp³-hybridized carbons (Fsp3) is 0.0714. The average Bonchev–Trinajstić information content (AvgIpc) is 2.54. The van der Waals surface area contributed by atoms with Crippen molar-refractivity contribution in [1.29, 1.82) is 0 Å². The van der Waals surface area contributed by atoms with Gasteiger partial charge in [0.15, 0.2) is 0 Å². The molecule has 3 rings (SSSR count). The van der Waals surface area contributed by atoms with Gasteiger partial charge in [-0.25, -0.2) is 4.39 Å². The van der Waals surface area contributed by atoms with Gasteiger partial charge in [-0.15, -0.1) is 0 Å². The number of carbonyl (C=O) groups excluding carboxylic acids is 1. The molecule has 1 aliphatic heterocycles. The van der Waals surface area contributed by atoms with E-state index in [-0.39, 0.29) is 23.0 Å². The molecule has 2 aromatic carbocycles. The summed E-state index contributed by atoms with van der Waals surface area (Å²) < 4.78 is 13.3. The van der Waals surface area contributed by atoms with Gasteiger partial charge in [-0.3, -0.25) is 4.79 Å². The van der Waals surface area contributed by atoms with Gasteiger partial charge >= 0.3 is 0 Å². The predicted molar refractivity (Wildman–Crippen MR) is 74.8 cm³/mol. The smallest absolute Gasteiger partial charge is 0.252 e. The minimum atomic E-state index is -0.599. The lowest BCUT2D eigenvalue weighted by molar-refractivity contribution is -0.793. The quantitative estimate of drug-likeness (QED) is 0.651. The molecule has 1 N–H and O–H groups in total. The Morgan fingerprint density at radius 1 is 1.25 bits per heavy atom. The lowest BCUT2D eigenvalue weighted by atomic mass is 10.2. The maximum Gasteiger partial charge on any atom is 0.252 e. The third kappa shape index (κ3) is 2.45. The van der Waals surface area contributed by atoms with Crippen LogP contribution < -0.4 is 5.06 Å². The molecule has 1 aliphatic rings. The third-order valence-corrected chi connectivity index (χ3v) is 4.51. The van der Waals surface area contributed by atoms with Gasteiger partial charge in [0, 0.05) is 22.1 Å². The van der Waals surface area contributed by atoms with Crippen molar-refractivity contribution in [1.82, 2.24) is 0 Å². The van der Waals surface area contributed by atoms with Gasteiger partial charge in [0.25, 0.3) is 5.24 Å². The molecule has 1 atom stereocenters. The average molecular weight is 310 g/mol. The van der Waals surface area contributed by atoms with Crippen LogP contribution in [0, 0.1) is 11.0 Å². The Kier molecular flexibility index (Phi) is 3.52. The molecular formula is C14H9ClFNO2S. The van der Waals surface area contributed by atoms with E-state index in [0.717, 1.165) is 9.79 Å². The van der Waals surface area contributed by atoms with Crippen LogP contribution in [0.3, 0.4) is 0 Å². The molecule has 1 heterocycles. The van der Waals surface area contributed by atoms with Gasteiger partial charge in [0.05, 0.1) is 4.90 Å². The second-order valence-electron chi connectivity index (χ2n) is 4.44. The Labute approximate surface area is 123 Å². The molecule has 0 aliphatic carbocycles. The zero-order valence-electron chi connectivity index (χ0n) is 10.2. The first-order valence-corrected chi connectivity index (χ1v) is 7.07. The first kappa shape index (κ1) is 13.6. The van der Waals surface area contributed by atoms with Crippen LogP contribution in [0.5, 0.6) is 0 Å². The molecule has 1 unspecified atom stereocenters. The topological polar surface area (TPSA) is 44.6 Å². The summed E-state index contributed by atoms with van der Waals surface area (Å²) in [6, 6.07) is 9.20. The highest BCUT2D eigenvalue weighted by Crippen LogP contribution is 2.37. The number of halogens is 2. The summed E-state index contributed by atoms with van der Waals surface area (Å²) in [5.74, 6) is -0.361. The second kappa shape index (κ2) is 5.18. The van der Waals surface area contributed by atoms with Crippen molar-refractivity contribution in [3.05, 3.63) is 58.5 Å². The van der Waals surface area contributed by atoms with E-state index in [9.17, 15) is 14.4 Å². The van der Waals surface area contributed by atoms with Crippen molar-refractivity contribution >= 4 is 34.3 Å². The molecule has 0 spiro atoms. The number of fused-ring (bicyclic) bond motifs is 2. The van der Waals surface area contributed by atoms with Crippen molar-refractivity contribution in [2.24, 2.45) is 0 Å². The zero-order chi connectivity index (χ0) is 14.3. The van der Waals surface area contributed by atoms with E-state index >= 15 is 0 Å². The summed E-state index contributed by atoms with van der Waals surface area (Å²) in [6.07, 6.45) is 0. The van der Waals surface area contributed by atoms with Gasteiger partial charge in [0.1, 0.15) is 18.0 Å². The summed E-state index contributed by atoms with van der Waals surface area (Å²) in [7, 11) is 0. The third-order valence-electron chi connectivity index (χ3n) is 3.10. The van der Waals surface area contributed by atoms with Crippen molar-refractivity contribution < 1.29 is 14.2 Å². The predicted octanol–water partition coefficient (Wildman–Crippen LogP) is 2.88. The first-order chi connectivity index (χ1) is 9.54. The molecular weight excluding hydrogens is 301 g/mol. The van der Waals surface area contributed by atoms with Crippen molar-refractivity contribution in [2.75, 3.05) is 0 Å². The van der Waals surface area contributed by atoms with Crippen LogP contribution in [0.2, 0.25) is 0 Å². The summed E-state index contributed by atoms with van der Waals surface area (Å²) in [6.45, 7) is 0.118. The summed E-state index contributed by atoms with van der Waals surface area (Å²) in [4.78, 5) is 12.8. The molecule has 0 fully saturated rings. The van der Waals surface area contributed by atoms with Gasteiger partial charge in [-0.2, -0.15) is 0 Å². The molecule has 0 saturated heterocycles. The van der Waals surface area contributed by atoms with Crippen LogP contribution in [0.15, 0.2) is 46.2 Å². The molecule has 0 saturated carbocycles. The van der Waals surface area contributed by atoms with E-state index in [1.165, 1.54) is 30.0 Å². The first-order valence-electron chi connectivity index (χ1n) is 5.88. The number of quaternary nitrogens is 1. The largest absolute Gasteiger partial charge is 0.629 e. The Balaban J connectivity index is 2.10. The van der Waals surface area contributed by atoms with E-state index in [0.29, 0.717) is 11.3 Å². The number of rotatable bonds is 1. The number of hydrogen-bond acceptors (Lipinski definition) is 3. The summed E-state index contributed by atoms with van der Waals surface area (Å²) in [5.41, 5.74) is 1.41. The van der Waals surface area contributed by atoms with E-state index < -0.39 is 5.24 Å². The minimum absolute atomic E-state index is 0.118. The molecule has 2 aromatic rings. The number of nitrogens with one attached hydrogen (secondary N) is 1. The Morgan fingerprint density at radius 2 is 2.00 bits per heavy atom. The molecule has 0 radical (unpaired) electrons. The molecule has 6 heteroatoms. The number of hydroxylamine groups is 1. The Bertz CT molecular complexity index is 708. The lowest BCUT2D eigenvalue weighted by Gasteiger charge is -2.21. The van der Waals surface area contributed by atoms with E-state index in [2.05, 4.69) is 0 Å². The highest BCUT2D eigenvalue weighted by atomic mass is 35.5. The summed E-state index contributed by atoms with van der Waals surface area (Å²) >= 11 is 6.83. The minimum Gasteiger partial charge on any atom is -0.629 e. The summed E-state index contributed by atoms with van der Waals surface area (Å²) in [5, 5.41) is 11.5. The van der Waals surface area contributed by atoms with Gasteiger partial charge in [-0.1, -0.05) is 11.8 Å². The highest BCUT2D eigenvalue weighted by Gasteiger charge is 2.21. The van der Waals surface area contributed by atoms with Crippen LogP contribution in [0.4, 0.5) is 10.1 Å². The molecule has 0 amide bonds. The highest BCUT2D eigenvalue weighted by molar-refractivity contribution is 7.99. The van der Waals surface area contributed by atoms with Crippen LogP contribution in [-0.2, 0) is 6.54 Å². The van der Waals surface area contributed by atoms with Crippen molar-refractivity contribution in [3.8, 4) is 0 Å². The zero-order valence-corrected chi connectivity index (χ0v) is 11.7. The standard InChI is InChI=1S/C14H9ClFNO2S/c15-14(18)8-1-3-13-11(6-8)17(19)7-9-5-10(16)2-4-12(9)20-13/h1-6,17H,7H2. The normalized spacial score (nSPS) is 17.1. The van der Waals surface area contributed by atoms with Crippen molar-refractivity contribution in [2.45, 2.75) is 16.3 Å². The SMILES string of the molecule is O=C(Cl)c1ccc2c(c1)[NH+]([O-])Cc1cc(F)ccc1S2. The van der Waals surface area contributed by atoms with Crippen LogP contribution in [0.25, 0.3) is 0 Å². The molecule has 0 bridgehead atoms. The van der Waals surface area contributed by atoms with Gasteiger partial charge in [0.2, 0.25) is 0 Å². The van der Waals surface area contributed by atoms with Crippen LogP contribution >= 0.6 is 23.4 Å². The van der Waals surface area contributed by atoms with E-state index in [1.807, 2.05) is 0 Å². The Morgan fingerprint density at radius 3 is 2.75 bits per heavy atom. The van der Waals surface area contributed by atoms with Crippen LogP contribution in [-0.4, -0.2) is 5.24 Å². The fourth-order valence-electron chi connectivity index (χ4n) is 2.13. The second-order valence-corrected chi connectivity index (χ2v) is 5.87. The monoisotopic (exact) mass is 309 g/mol. The number of hydrogen-bond donors (Lipinski definition) is 1. The molecule has 0 aromatic heterocycles. The molecule has 20 heavy (non-hydrogen) atoms. The van der Waals surface area contributed by atoms with Gasteiger partial charge < -0.3 is 10.3 Å². The van der Waals surface area contributed by atoms with Gasteiger partial charge in [-0.05, 0) is 41.9 Å². The van der Waals surface area contributed by atoms with Crippen molar-refractivity contribution in [3.63, 3.8) is 0 Å². The maximum absolute atomic E-state index is 13.3.